The Bertz CT molecular complexity index is 1640. The molecule has 1 aliphatic rings. The Balaban J connectivity index is 1.39. The van der Waals surface area contributed by atoms with Gasteiger partial charge in [0.15, 0.2) is 5.78 Å². The van der Waals surface area contributed by atoms with Gasteiger partial charge >= 0.3 is 11.9 Å². The molecule has 2 atom stereocenters. The van der Waals surface area contributed by atoms with Gasteiger partial charge in [-0.2, -0.15) is 0 Å². The summed E-state index contributed by atoms with van der Waals surface area (Å²) in [5, 5.41) is 14.9. The van der Waals surface area contributed by atoms with Gasteiger partial charge in [0.05, 0.1) is 23.6 Å². The first-order valence-electron chi connectivity index (χ1n) is 14.3. The molecule has 1 aromatic heterocycles. The van der Waals surface area contributed by atoms with Gasteiger partial charge in [0.1, 0.15) is 12.3 Å². The van der Waals surface area contributed by atoms with E-state index >= 15 is 0 Å². The standard InChI is InChI=1S/C35H32N2O7/c38-31-13-7-12-27-28(31)22-43-35(27)44-34(42)30(21-23-8-3-1-4-9-23)37-29(33(41)36-19-18-32(39)40)20-24-14-16-26(17-15-24)25-10-5-2-6-11-25/h1-12,14-17,22,29-30,37H,13,18-21H2,(H,36,41)(H,39,40)/t29-,30?/m0/s1. The number of furan rings is 1. The third-order valence-corrected chi connectivity index (χ3v) is 7.30. The SMILES string of the molecule is O=C(O)CCNC(=O)[C@H](Cc1ccc(-c2ccccc2)cc1)NC(Cc1ccccc1)C(=O)Oc1occ2c1C=CCC2=O. The predicted octanol–water partition coefficient (Wildman–Crippen LogP) is 4.85. The monoisotopic (exact) mass is 592 g/mol. The van der Waals surface area contributed by atoms with Crippen LogP contribution in [-0.2, 0) is 27.2 Å². The van der Waals surface area contributed by atoms with Crippen LogP contribution in [0.2, 0.25) is 0 Å². The number of amides is 1. The number of aliphatic carboxylic acids is 1. The first kappa shape index (κ1) is 30.2. The van der Waals surface area contributed by atoms with Gasteiger partial charge in [-0.3, -0.25) is 19.7 Å². The van der Waals surface area contributed by atoms with Crippen LogP contribution in [0, 0.1) is 0 Å². The van der Waals surface area contributed by atoms with Crippen molar-refractivity contribution in [3.8, 4) is 17.1 Å². The lowest BCUT2D eigenvalue weighted by atomic mass is 9.98. The second-order valence-electron chi connectivity index (χ2n) is 10.5. The van der Waals surface area contributed by atoms with Crippen LogP contribution in [-0.4, -0.2) is 47.4 Å². The van der Waals surface area contributed by atoms with Crippen molar-refractivity contribution in [1.82, 2.24) is 10.6 Å². The minimum absolute atomic E-state index is 0.0635. The second kappa shape index (κ2) is 14.3. The molecule has 1 heterocycles. The molecular weight excluding hydrogens is 560 g/mol. The van der Waals surface area contributed by atoms with Gasteiger partial charge < -0.3 is 19.6 Å². The van der Waals surface area contributed by atoms with Crippen molar-refractivity contribution in [2.24, 2.45) is 0 Å². The van der Waals surface area contributed by atoms with E-state index in [1.165, 1.54) is 6.26 Å². The zero-order chi connectivity index (χ0) is 30.9. The topological polar surface area (TPSA) is 135 Å². The van der Waals surface area contributed by atoms with Crippen LogP contribution in [0.25, 0.3) is 17.2 Å². The molecule has 3 N–H and O–H groups in total. The Kier molecular flexibility index (Phi) is 9.78. The van der Waals surface area contributed by atoms with Crippen LogP contribution in [0.3, 0.4) is 0 Å². The minimum atomic E-state index is -1.04. The van der Waals surface area contributed by atoms with E-state index in [0.29, 0.717) is 11.1 Å². The van der Waals surface area contributed by atoms with E-state index in [2.05, 4.69) is 10.6 Å². The number of nitrogens with one attached hydrogen (secondary N) is 2. The lowest BCUT2D eigenvalue weighted by Crippen LogP contribution is -2.53. The molecule has 9 nitrogen and oxygen atoms in total. The third kappa shape index (κ3) is 7.76. The number of ether oxygens (including phenoxy) is 1. The summed E-state index contributed by atoms with van der Waals surface area (Å²) in [6, 6.07) is 25.1. The highest BCUT2D eigenvalue weighted by molar-refractivity contribution is 6.03. The Labute approximate surface area is 254 Å². The molecule has 5 rings (SSSR count). The van der Waals surface area contributed by atoms with Gasteiger partial charge in [0.2, 0.25) is 5.91 Å². The van der Waals surface area contributed by atoms with Crippen LogP contribution in [0.5, 0.6) is 5.95 Å². The van der Waals surface area contributed by atoms with E-state index in [4.69, 9.17) is 14.3 Å². The molecule has 0 aliphatic heterocycles. The fourth-order valence-electron chi connectivity index (χ4n) is 5.00. The van der Waals surface area contributed by atoms with E-state index in [1.807, 2.05) is 84.9 Å². The number of benzene rings is 3. The maximum Gasteiger partial charge on any atom is 0.331 e. The molecule has 4 aromatic rings. The van der Waals surface area contributed by atoms with E-state index < -0.39 is 29.9 Å². The number of fused-ring (bicyclic) bond motifs is 1. The third-order valence-electron chi connectivity index (χ3n) is 7.30. The van der Waals surface area contributed by atoms with E-state index in [-0.39, 0.29) is 44.0 Å². The highest BCUT2D eigenvalue weighted by Gasteiger charge is 2.31. The number of carbonyl (C=O) groups is 4. The van der Waals surface area contributed by atoms with Crippen molar-refractivity contribution in [2.45, 2.75) is 37.8 Å². The highest BCUT2D eigenvalue weighted by atomic mass is 16.6. The molecule has 1 aliphatic carbocycles. The number of allylic oxidation sites excluding steroid dienone is 1. The number of Topliss-reactive ketones (excluding diaryl/α,β-unsaturated/α-hetero) is 1. The maximum absolute atomic E-state index is 13.6. The lowest BCUT2D eigenvalue weighted by molar-refractivity contribution is -0.138. The van der Waals surface area contributed by atoms with Crippen molar-refractivity contribution in [3.05, 3.63) is 120 Å². The van der Waals surface area contributed by atoms with Gasteiger partial charge in [0.25, 0.3) is 5.95 Å². The summed E-state index contributed by atoms with van der Waals surface area (Å²) in [5.74, 6) is -2.41. The van der Waals surface area contributed by atoms with Crippen LogP contribution in [0.15, 0.2) is 102 Å². The quantitative estimate of drug-likeness (QED) is 0.188. The van der Waals surface area contributed by atoms with Crippen molar-refractivity contribution in [1.29, 1.82) is 0 Å². The Hall–Kier alpha value is -5.28. The van der Waals surface area contributed by atoms with Gasteiger partial charge in [0, 0.05) is 13.0 Å². The molecule has 0 spiro atoms. The molecule has 3 aromatic carbocycles. The molecule has 44 heavy (non-hydrogen) atoms. The van der Waals surface area contributed by atoms with Crippen LogP contribution >= 0.6 is 0 Å². The number of carboxylic acid groups (broad SMARTS) is 1. The summed E-state index contributed by atoms with van der Waals surface area (Å²) in [5.41, 5.74) is 4.49. The summed E-state index contributed by atoms with van der Waals surface area (Å²) in [6.07, 6.45) is 5.06. The number of carboxylic acids is 1. The van der Waals surface area contributed by atoms with Crippen LogP contribution in [0.1, 0.15) is 39.9 Å². The summed E-state index contributed by atoms with van der Waals surface area (Å²) in [6.45, 7) is -0.0635. The summed E-state index contributed by atoms with van der Waals surface area (Å²) in [7, 11) is 0. The Morgan fingerprint density at radius 2 is 1.48 bits per heavy atom. The average molecular weight is 593 g/mol. The largest absolute Gasteiger partial charge is 0.481 e. The molecule has 0 radical (unpaired) electrons. The molecule has 0 bridgehead atoms. The zero-order valence-corrected chi connectivity index (χ0v) is 23.9. The smallest absolute Gasteiger partial charge is 0.331 e. The number of hydrogen-bond acceptors (Lipinski definition) is 7. The van der Waals surface area contributed by atoms with Gasteiger partial charge in [-0.05, 0) is 35.1 Å². The van der Waals surface area contributed by atoms with Crippen molar-refractivity contribution < 1.29 is 33.4 Å². The van der Waals surface area contributed by atoms with Crippen molar-refractivity contribution in [2.75, 3.05) is 6.54 Å². The Morgan fingerprint density at radius 1 is 0.841 bits per heavy atom. The fourth-order valence-corrected chi connectivity index (χ4v) is 5.00. The molecular formula is C35H32N2O7. The molecule has 9 heteroatoms. The summed E-state index contributed by atoms with van der Waals surface area (Å²) >= 11 is 0. The predicted molar refractivity (Wildman–Crippen MR) is 164 cm³/mol. The zero-order valence-electron chi connectivity index (χ0n) is 23.9. The van der Waals surface area contributed by atoms with E-state index in [1.54, 1.807) is 12.2 Å². The molecule has 224 valence electrons. The maximum atomic E-state index is 13.6. The van der Waals surface area contributed by atoms with Crippen LogP contribution < -0.4 is 15.4 Å². The average Bonchev–Trinajstić information content (AvgIpc) is 3.45. The lowest BCUT2D eigenvalue weighted by Gasteiger charge is -2.24. The molecule has 0 saturated carbocycles. The summed E-state index contributed by atoms with van der Waals surface area (Å²) < 4.78 is 11.1. The van der Waals surface area contributed by atoms with Crippen molar-refractivity contribution in [3.63, 3.8) is 0 Å². The summed E-state index contributed by atoms with van der Waals surface area (Å²) in [4.78, 5) is 50.3. The minimum Gasteiger partial charge on any atom is -0.481 e. The number of hydrogen-bond donors (Lipinski definition) is 3. The number of ketones is 1. The Morgan fingerprint density at radius 3 is 2.18 bits per heavy atom. The fraction of sp³-hybridized carbons (Fsp3) is 0.200. The highest BCUT2D eigenvalue weighted by Crippen LogP contribution is 2.31. The van der Waals surface area contributed by atoms with E-state index in [9.17, 15) is 19.2 Å². The van der Waals surface area contributed by atoms with Crippen LogP contribution in [0.4, 0.5) is 0 Å². The van der Waals surface area contributed by atoms with Gasteiger partial charge in [-0.15, -0.1) is 0 Å². The molecule has 1 amide bonds. The normalized spacial score (nSPS) is 13.5. The van der Waals surface area contributed by atoms with E-state index in [0.717, 1.165) is 22.3 Å². The number of rotatable bonds is 13. The second-order valence-corrected chi connectivity index (χ2v) is 10.5. The van der Waals surface area contributed by atoms with Gasteiger partial charge in [-0.1, -0.05) is 97.1 Å². The first-order valence-corrected chi connectivity index (χ1v) is 14.3. The molecule has 1 unspecified atom stereocenters. The first-order chi connectivity index (χ1) is 21.4. The van der Waals surface area contributed by atoms with Crippen molar-refractivity contribution >= 4 is 29.7 Å². The molecule has 0 saturated heterocycles. The number of carbonyl (C=O) groups excluding carboxylic acids is 3. The van der Waals surface area contributed by atoms with Gasteiger partial charge in [-0.25, -0.2) is 4.79 Å². The molecule has 0 fully saturated rings. The number of esters is 1.